The van der Waals surface area contributed by atoms with Crippen molar-refractivity contribution < 1.29 is 19.1 Å². The first kappa shape index (κ1) is 22.9. The number of carbonyl (C=O) groups is 2. The molecule has 8 nitrogen and oxygen atoms in total. The average Bonchev–Trinajstić information content (AvgIpc) is 2.85. The first-order chi connectivity index (χ1) is 16.4. The molecule has 0 saturated carbocycles. The Kier molecular flexibility index (Phi) is 6.28. The minimum atomic E-state index is -0.667. The van der Waals surface area contributed by atoms with E-state index in [1.54, 1.807) is 30.3 Å². The molecule has 2 aromatic carbocycles. The van der Waals surface area contributed by atoms with Gasteiger partial charge in [0.15, 0.2) is 17.3 Å². The summed E-state index contributed by atoms with van der Waals surface area (Å²) in [6.45, 7) is 1.94. The largest absolute Gasteiger partial charge is 0.493 e. The van der Waals surface area contributed by atoms with Crippen LogP contribution >= 0.6 is 0 Å². The van der Waals surface area contributed by atoms with E-state index in [0.717, 1.165) is 5.56 Å². The molecule has 174 valence electrons. The highest BCUT2D eigenvalue weighted by Crippen LogP contribution is 2.45. The van der Waals surface area contributed by atoms with E-state index in [0.29, 0.717) is 53.2 Å². The number of hydrazine groups is 1. The molecule has 34 heavy (non-hydrogen) atoms. The molecule has 0 bridgehead atoms. The number of ketones is 1. The minimum absolute atomic E-state index is 0.0733. The van der Waals surface area contributed by atoms with Crippen LogP contribution in [-0.2, 0) is 4.79 Å². The van der Waals surface area contributed by atoms with E-state index in [4.69, 9.17) is 15.2 Å². The van der Waals surface area contributed by atoms with Gasteiger partial charge in [0.1, 0.15) is 5.82 Å². The Morgan fingerprint density at radius 3 is 2.47 bits per heavy atom. The monoisotopic (exact) mass is 458 g/mol. The van der Waals surface area contributed by atoms with Gasteiger partial charge < -0.3 is 15.2 Å². The lowest BCUT2D eigenvalue weighted by Crippen LogP contribution is -2.48. The van der Waals surface area contributed by atoms with E-state index in [1.165, 1.54) is 19.2 Å². The van der Waals surface area contributed by atoms with Gasteiger partial charge in [0, 0.05) is 23.3 Å². The second-order valence-electron chi connectivity index (χ2n) is 8.24. The molecule has 2 aromatic rings. The van der Waals surface area contributed by atoms with Crippen LogP contribution in [0.2, 0.25) is 0 Å². The summed E-state index contributed by atoms with van der Waals surface area (Å²) in [7, 11) is 3.06. The smallest absolute Gasteiger partial charge is 0.270 e. The van der Waals surface area contributed by atoms with E-state index in [2.05, 4.69) is 11.5 Å². The van der Waals surface area contributed by atoms with Crippen molar-refractivity contribution in [3.05, 3.63) is 81.8 Å². The lowest BCUT2D eigenvalue weighted by Gasteiger charge is -2.39. The fourth-order valence-corrected chi connectivity index (χ4v) is 4.45. The van der Waals surface area contributed by atoms with Crippen LogP contribution in [0.1, 0.15) is 46.7 Å². The summed E-state index contributed by atoms with van der Waals surface area (Å²) in [6, 6.07) is 14.6. The maximum absolute atomic E-state index is 13.2. The Labute approximate surface area is 198 Å². The predicted molar refractivity (Wildman–Crippen MR) is 125 cm³/mol. The normalized spacial score (nSPS) is 17.8. The number of nitrogens with two attached hydrogens (primary N) is 1. The number of allylic oxidation sites excluding steroid dienone is 3. The zero-order valence-corrected chi connectivity index (χ0v) is 19.3. The van der Waals surface area contributed by atoms with E-state index in [9.17, 15) is 14.9 Å². The first-order valence-electron chi connectivity index (χ1n) is 10.9. The molecule has 2 aliphatic rings. The van der Waals surface area contributed by atoms with Crippen molar-refractivity contribution in [3.8, 4) is 17.6 Å². The fourth-order valence-electron chi connectivity index (χ4n) is 4.45. The number of amides is 1. The van der Waals surface area contributed by atoms with Crippen LogP contribution in [0, 0.1) is 18.3 Å². The molecule has 1 atom stereocenters. The molecule has 1 aliphatic carbocycles. The van der Waals surface area contributed by atoms with Gasteiger partial charge in [-0.3, -0.25) is 15.0 Å². The molecule has 1 unspecified atom stereocenters. The van der Waals surface area contributed by atoms with Crippen LogP contribution in [0.25, 0.3) is 0 Å². The number of nitrogens with one attached hydrogen (secondary N) is 1. The van der Waals surface area contributed by atoms with Crippen molar-refractivity contribution in [2.24, 2.45) is 5.73 Å². The van der Waals surface area contributed by atoms with Crippen molar-refractivity contribution >= 4 is 11.7 Å². The van der Waals surface area contributed by atoms with Gasteiger partial charge in [-0.25, -0.2) is 5.01 Å². The zero-order chi connectivity index (χ0) is 24.4. The van der Waals surface area contributed by atoms with Crippen LogP contribution in [0.3, 0.4) is 0 Å². The highest BCUT2D eigenvalue weighted by molar-refractivity contribution is 6.00. The summed E-state index contributed by atoms with van der Waals surface area (Å²) in [5, 5.41) is 11.5. The number of aryl methyl sites for hydroxylation is 1. The highest BCUT2D eigenvalue weighted by atomic mass is 16.5. The summed E-state index contributed by atoms with van der Waals surface area (Å²) in [6.07, 6.45) is 1.53. The first-order valence-corrected chi connectivity index (χ1v) is 10.9. The van der Waals surface area contributed by atoms with Crippen molar-refractivity contribution in [1.82, 2.24) is 10.4 Å². The highest BCUT2D eigenvalue weighted by Gasteiger charge is 2.40. The van der Waals surface area contributed by atoms with E-state index in [-0.39, 0.29) is 23.1 Å². The number of ether oxygens (including phenoxy) is 2. The molecule has 3 N–H and O–H groups in total. The Morgan fingerprint density at radius 1 is 1.12 bits per heavy atom. The van der Waals surface area contributed by atoms with Crippen LogP contribution < -0.4 is 20.6 Å². The minimum Gasteiger partial charge on any atom is -0.493 e. The molecule has 1 aliphatic heterocycles. The molecule has 0 spiro atoms. The standard InChI is InChI=1S/C26H26N4O4/c1-15-7-9-16(10-8-15)26(32)29-30-19-5-4-6-20(31)24(19)23(18(14-27)25(30)28)17-11-12-21(33-2)22(13-17)34-3/h7-13,23H,4-6,28H2,1-3H3,(H,29,32). The van der Waals surface area contributed by atoms with E-state index < -0.39 is 5.92 Å². The molecule has 8 heteroatoms. The SMILES string of the molecule is COc1ccc(C2C(C#N)=C(N)N(NC(=O)c3ccc(C)cc3)C3=C2C(=O)CCC3)cc1OC. The number of nitriles is 1. The Bertz CT molecular complexity index is 1250. The average molecular weight is 459 g/mol. The number of methoxy groups -OCH3 is 2. The van der Waals surface area contributed by atoms with E-state index >= 15 is 0 Å². The molecule has 1 amide bonds. The molecule has 0 fully saturated rings. The molecule has 0 saturated heterocycles. The van der Waals surface area contributed by atoms with Gasteiger partial charge in [-0.05, 0) is 49.6 Å². The summed E-state index contributed by atoms with van der Waals surface area (Å²) in [5.41, 5.74) is 12.7. The third-order valence-corrected chi connectivity index (χ3v) is 6.18. The summed E-state index contributed by atoms with van der Waals surface area (Å²) in [5.74, 6) is -0.00747. The van der Waals surface area contributed by atoms with Crippen LogP contribution in [0.5, 0.6) is 11.5 Å². The van der Waals surface area contributed by atoms with Gasteiger partial charge in [0.2, 0.25) is 0 Å². The van der Waals surface area contributed by atoms with Crippen molar-refractivity contribution in [2.45, 2.75) is 32.1 Å². The number of Topliss-reactive ketones (excluding diaryl/α,β-unsaturated/α-hetero) is 1. The number of nitrogens with zero attached hydrogens (tertiary/aromatic N) is 2. The third-order valence-electron chi connectivity index (χ3n) is 6.18. The summed E-state index contributed by atoms with van der Waals surface area (Å²) < 4.78 is 10.8. The van der Waals surface area contributed by atoms with E-state index in [1.807, 2.05) is 19.1 Å². The molecule has 0 aromatic heterocycles. The van der Waals surface area contributed by atoms with Gasteiger partial charge in [-0.1, -0.05) is 23.8 Å². The Morgan fingerprint density at radius 2 is 1.82 bits per heavy atom. The number of carbonyl (C=O) groups excluding carboxylic acids is 2. The second-order valence-corrected chi connectivity index (χ2v) is 8.24. The lowest BCUT2D eigenvalue weighted by atomic mass is 9.76. The molecular weight excluding hydrogens is 432 g/mol. The Hall–Kier alpha value is -4.25. The second kappa shape index (κ2) is 9.32. The fraction of sp³-hybridized carbons (Fsp3) is 0.269. The number of hydrogen-bond acceptors (Lipinski definition) is 7. The van der Waals surface area contributed by atoms with Crippen molar-refractivity contribution in [1.29, 1.82) is 5.26 Å². The third kappa shape index (κ3) is 3.97. The van der Waals surface area contributed by atoms with Crippen LogP contribution in [0.15, 0.2) is 65.1 Å². The van der Waals surface area contributed by atoms with Gasteiger partial charge >= 0.3 is 0 Å². The van der Waals surface area contributed by atoms with Gasteiger partial charge in [-0.15, -0.1) is 0 Å². The Balaban J connectivity index is 1.81. The predicted octanol–water partition coefficient (Wildman–Crippen LogP) is 3.46. The van der Waals surface area contributed by atoms with Gasteiger partial charge in [0.05, 0.1) is 31.8 Å². The van der Waals surface area contributed by atoms with Gasteiger partial charge in [-0.2, -0.15) is 5.26 Å². The van der Waals surface area contributed by atoms with Gasteiger partial charge in [0.25, 0.3) is 5.91 Å². The quantitative estimate of drug-likeness (QED) is 0.704. The maximum atomic E-state index is 13.2. The van der Waals surface area contributed by atoms with Crippen molar-refractivity contribution in [2.75, 3.05) is 14.2 Å². The number of benzene rings is 2. The summed E-state index contributed by atoms with van der Waals surface area (Å²) in [4.78, 5) is 26.1. The zero-order valence-electron chi connectivity index (χ0n) is 19.3. The number of hydrogen-bond donors (Lipinski definition) is 2. The molecule has 4 rings (SSSR count). The van der Waals surface area contributed by atoms with Crippen molar-refractivity contribution in [3.63, 3.8) is 0 Å². The molecule has 0 radical (unpaired) electrons. The van der Waals surface area contributed by atoms with Crippen LogP contribution in [-0.4, -0.2) is 30.9 Å². The lowest BCUT2D eigenvalue weighted by molar-refractivity contribution is -0.116. The number of rotatable bonds is 5. The van der Waals surface area contributed by atoms with Crippen LogP contribution in [0.4, 0.5) is 0 Å². The maximum Gasteiger partial charge on any atom is 0.270 e. The molecule has 1 heterocycles. The summed E-state index contributed by atoms with van der Waals surface area (Å²) >= 11 is 0. The topological polar surface area (TPSA) is 118 Å². The molecular formula is C26H26N4O4.